The molecule has 0 bridgehead atoms. The van der Waals surface area contributed by atoms with Crippen molar-refractivity contribution in [2.24, 2.45) is 0 Å². The van der Waals surface area contributed by atoms with Crippen molar-refractivity contribution in [3.05, 3.63) is 64.2 Å². The van der Waals surface area contributed by atoms with Gasteiger partial charge in [0.05, 0.1) is 6.54 Å². The maximum Gasteiger partial charge on any atom is 0.260 e. The van der Waals surface area contributed by atoms with E-state index in [1.165, 1.54) is 4.90 Å². The van der Waals surface area contributed by atoms with Gasteiger partial charge in [-0.2, -0.15) is 0 Å². The maximum absolute atomic E-state index is 12.5. The van der Waals surface area contributed by atoms with Crippen LogP contribution in [-0.2, 0) is 16.1 Å². The van der Waals surface area contributed by atoms with Crippen molar-refractivity contribution in [2.45, 2.75) is 40.2 Å². The molecule has 0 unspecified atom stereocenters. The van der Waals surface area contributed by atoms with Crippen molar-refractivity contribution in [3.63, 3.8) is 0 Å². The van der Waals surface area contributed by atoms with Crippen LogP contribution in [0.1, 0.15) is 43.4 Å². The molecule has 0 heterocycles. The van der Waals surface area contributed by atoms with Gasteiger partial charge < -0.3 is 15.0 Å². The molecule has 29 heavy (non-hydrogen) atoms. The molecule has 0 aromatic heterocycles. The Morgan fingerprint density at radius 1 is 1.14 bits per heavy atom. The highest BCUT2D eigenvalue weighted by atomic mass is 35.5. The quantitative estimate of drug-likeness (QED) is 0.662. The first-order chi connectivity index (χ1) is 13.8. The number of carbonyl (C=O) groups excluding carboxylic acids is 2. The topological polar surface area (TPSA) is 58.6 Å². The number of ether oxygens (including phenoxy) is 1. The molecule has 5 nitrogen and oxygen atoms in total. The Balaban J connectivity index is 1.87. The van der Waals surface area contributed by atoms with Gasteiger partial charge in [0.2, 0.25) is 5.91 Å². The number of benzene rings is 2. The number of hydrogen-bond acceptors (Lipinski definition) is 3. The summed E-state index contributed by atoms with van der Waals surface area (Å²) in [6.07, 6.45) is 0. The molecule has 2 rings (SSSR count). The second-order valence-electron chi connectivity index (χ2n) is 7.28. The van der Waals surface area contributed by atoms with Crippen LogP contribution in [0.25, 0.3) is 0 Å². The van der Waals surface area contributed by atoms with Gasteiger partial charge in [-0.25, -0.2) is 0 Å². The minimum absolute atomic E-state index is 0.00268. The molecular weight excluding hydrogens is 388 g/mol. The molecule has 0 saturated carbocycles. The zero-order chi connectivity index (χ0) is 21.4. The normalized spacial score (nSPS) is 10.7. The van der Waals surface area contributed by atoms with Crippen molar-refractivity contribution in [2.75, 3.05) is 19.7 Å². The van der Waals surface area contributed by atoms with Crippen molar-refractivity contribution in [3.8, 4) is 5.75 Å². The largest absolute Gasteiger partial charge is 0.483 e. The first-order valence-electron chi connectivity index (χ1n) is 9.82. The van der Waals surface area contributed by atoms with E-state index in [4.69, 9.17) is 16.3 Å². The summed E-state index contributed by atoms with van der Waals surface area (Å²) in [4.78, 5) is 26.2. The zero-order valence-electron chi connectivity index (χ0n) is 17.5. The van der Waals surface area contributed by atoms with Gasteiger partial charge in [-0.05, 0) is 54.7 Å². The Hall–Kier alpha value is -2.53. The fourth-order valence-corrected chi connectivity index (χ4v) is 2.90. The predicted molar refractivity (Wildman–Crippen MR) is 116 cm³/mol. The van der Waals surface area contributed by atoms with E-state index in [0.717, 1.165) is 16.7 Å². The van der Waals surface area contributed by atoms with E-state index in [1.54, 1.807) is 12.1 Å². The number of amides is 2. The average molecular weight is 417 g/mol. The van der Waals surface area contributed by atoms with E-state index in [1.807, 2.05) is 38.1 Å². The van der Waals surface area contributed by atoms with Crippen LogP contribution >= 0.6 is 11.6 Å². The molecule has 0 atom stereocenters. The molecule has 0 aliphatic carbocycles. The molecule has 1 N–H and O–H groups in total. The lowest BCUT2D eigenvalue weighted by Crippen LogP contribution is -2.42. The number of carbonyl (C=O) groups is 2. The molecule has 2 aromatic rings. The zero-order valence-corrected chi connectivity index (χ0v) is 18.3. The summed E-state index contributed by atoms with van der Waals surface area (Å²) >= 11 is 5.86. The van der Waals surface area contributed by atoms with Crippen LogP contribution in [0.15, 0.2) is 42.5 Å². The fraction of sp³-hybridized carbons (Fsp3) is 0.391. The Morgan fingerprint density at radius 2 is 1.83 bits per heavy atom. The lowest BCUT2D eigenvalue weighted by Gasteiger charge is -2.21. The van der Waals surface area contributed by atoms with Gasteiger partial charge in [0.25, 0.3) is 5.91 Å². The number of halogens is 1. The van der Waals surface area contributed by atoms with Gasteiger partial charge in [-0.1, -0.05) is 49.7 Å². The summed E-state index contributed by atoms with van der Waals surface area (Å²) in [5.74, 6) is 0.648. The Morgan fingerprint density at radius 3 is 2.45 bits per heavy atom. The van der Waals surface area contributed by atoms with Gasteiger partial charge in [0, 0.05) is 18.1 Å². The second kappa shape index (κ2) is 10.9. The van der Waals surface area contributed by atoms with E-state index in [2.05, 4.69) is 25.2 Å². The van der Waals surface area contributed by atoms with Gasteiger partial charge in [-0.15, -0.1) is 0 Å². The van der Waals surface area contributed by atoms with E-state index in [9.17, 15) is 9.59 Å². The Kier molecular flexibility index (Phi) is 8.52. The van der Waals surface area contributed by atoms with Crippen molar-refractivity contribution < 1.29 is 14.3 Å². The summed E-state index contributed by atoms with van der Waals surface area (Å²) in [7, 11) is 0. The van der Waals surface area contributed by atoms with Crippen LogP contribution in [-0.4, -0.2) is 36.4 Å². The minimum Gasteiger partial charge on any atom is -0.483 e. The molecule has 2 aromatic carbocycles. The van der Waals surface area contributed by atoms with Crippen LogP contribution in [0.4, 0.5) is 0 Å². The summed E-state index contributed by atoms with van der Waals surface area (Å²) in [6.45, 7) is 8.74. The molecule has 0 fully saturated rings. The fourth-order valence-electron chi connectivity index (χ4n) is 2.77. The monoisotopic (exact) mass is 416 g/mol. The lowest BCUT2D eigenvalue weighted by atomic mass is 10.0. The van der Waals surface area contributed by atoms with Crippen molar-refractivity contribution in [1.82, 2.24) is 10.2 Å². The third kappa shape index (κ3) is 7.09. The molecule has 2 amide bonds. The number of aryl methyl sites for hydroxylation is 1. The molecule has 156 valence electrons. The number of nitrogens with one attached hydrogen (secondary N) is 1. The summed E-state index contributed by atoms with van der Waals surface area (Å²) in [5.41, 5.74) is 3.08. The molecule has 0 aliphatic heterocycles. The van der Waals surface area contributed by atoms with Gasteiger partial charge in [0.1, 0.15) is 5.75 Å². The van der Waals surface area contributed by atoms with E-state index in [0.29, 0.717) is 29.8 Å². The van der Waals surface area contributed by atoms with Crippen LogP contribution < -0.4 is 10.1 Å². The van der Waals surface area contributed by atoms with Crippen LogP contribution in [0.2, 0.25) is 5.02 Å². The summed E-state index contributed by atoms with van der Waals surface area (Å²) in [5, 5.41) is 3.47. The Labute approximate surface area is 178 Å². The first-order valence-corrected chi connectivity index (χ1v) is 10.2. The highest BCUT2D eigenvalue weighted by Gasteiger charge is 2.17. The van der Waals surface area contributed by atoms with Crippen LogP contribution in [0.5, 0.6) is 5.75 Å². The summed E-state index contributed by atoms with van der Waals surface area (Å²) in [6, 6.07) is 13.3. The smallest absolute Gasteiger partial charge is 0.260 e. The van der Waals surface area contributed by atoms with E-state index >= 15 is 0 Å². The van der Waals surface area contributed by atoms with E-state index < -0.39 is 0 Å². The number of likely N-dealkylation sites (N-methyl/N-ethyl adjacent to an activating group) is 1. The van der Waals surface area contributed by atoms with Crippen molar-refractivity contribution >= 4 is 23.4 Å². The molecular formula is C23H29ClN2O3. The molecule has 0 radical (unpaired) electrons. The Bertz CT molecular complexity index is 835. The lowest BCUT2D eigenvalue weighted by molar-refractivity contribution is -0.137. The SMILES string of the molecule is CCN(CC(=O)NCc1ccc(Cl)cc1)C(=O)COc1cc(C(C)C)ccc1C. The van der Waals surface area contributed by atoms with Crippen molar-refractivity contribution in [1.29, 1.82) is 0 Å². The average Bonchev–Trinajstić information content (AvgIpc) is 2.70. The predicted octanol–water partition coefficient (Wildman–Crippen LogP) is 4.32. The third-order valence-electron chi connectivity index (χ3n) is 4.70. The second-order valence-corrected chi connectivity index (χ2v) is 7.72. The number of nitrogens with zero attached hydrogens (tertiary/aromatic N) is 1. The standard InChI is InChI=1S/C23H29ClN2O3/c1-5-26(14-22(27)25-13-18-7-10-20(24)11-8-18)23(28)15-29-21-12-19(16(2)3)9-6-17(21)4/h6-12,16H,5,13-15H2,1-4H3,(H,25,27). The van der Waals surface area contributed by atoms with E-state index in [-0.39, 0.29) is 25.0 Å². The van der Waals surface area contributed by atoms with Gasteiger partial charge in [-0.3, -0.25) is 9.59 Å². The highest BCUT2D eigenvalue weighted by Crippen LogP contribution is 2.24. The van der Waals surface area contributed by atoms with Gasteiger partial charge in [0.15, 0.2) is 6.61 Å². The highest BCUT2D eigenvalue weighted by molar-refractivity contribution is 6.30. The number of rotatable bonds is 9. The van der Waals surface area contributed by atoms with Gasteiger partial charge >= 0.3 is 0 Å². The molecule has 0 aliphatic rings. The molecule has 0 spiro atoms. The van der Waals surface area contributed by atoms with Crippen LogP contribution in [0, 0.1) is 6.92 Å². The number of hydrogen-bond donors (Lipinski definition) is 1. The maximum atomic E-state index is 12.5. The molecule has 6 heteroatoms. The summed E-state index contributed by atoms with van der Waals surface area (Å²) < 4.78 is 5.76. The van der Waals surface area contributed by atoms with Crippen LogP contribution in [0.3, 0.4) is 0 Å². The first kappa shape index (κ1) is 22.8. The minimum atomic E-state index is -0.219. The molecule has 0 saturated heterocycles. The third-order valence-corrected chi connectivity index (χ3v) is 4.95.